The molecule has 0 aromatic carbocycles. The van der Waals surface area contributed by atoms with Crippen molar-refractivity contribution in [2.45, 2.75) is 32.7 Å². The van der Waals surface area contributed by atoms with Gasteiger partial charge in [0.05, 0.1) is 12.1 Å². The van der Waals surface area contributed by atoms with Crippen LogP contribution in [0.5, 0.6) is 0 Å². The summed E-state index contributed by atoms with van der Waals surface area (Å²) in [5.41, 5.74) is 4.82. The van der Waals surface area contributed by atoms with Crippen LogP contribution in [0.1, 0.15) is 27.2 Å². The van der Waals surface area contributed by atoms with Crippen LogP contribution in [0.15, 0.2) is 0 Å². The lowest BCUT2D eigenvalue weighted by Crippen LogP contribution is -2.59. The van der Waals surface area contributed by atoms with E-state index in [0.29, 0.717) is 19.6 Å². The minimum Gasteiger partial charge on any atom is -0.383 e. The summed E-state index contributed by atoms with van der Waals surface area (Å²) in [6.07, 6.45) is 0.698. The van der Waals surface area contributed by atoms with Crippen LogP contribution < -0.4 is 11.1 Å². The lowest BCUT2D eigenvalue weighted by Gasteiger charge is -2.34. The van der Waals surface area contributed by atoms with Crippen LogP contribution in [-0.2, 0) is 9.53 Å². The van der Waals surface area contributed by atoms with E-state index in [1.165, 1.54) is 0 Å². The van der Waals surface area contributed by atoms with Gasteiger partial charge in [0.15, 0.2) is 0 Å². The van der Waals surface area contributed by atoms with E-state index in [2.05, 4.69) is 5.32 Å². The number of carbonyl (C=O) groups excluding carboxylic acids is 1. The molecule has 0 radical (unpaired) electrons. The Hall–Kier alpha value is -0.610. The van der Waals surface area contributed by atoms with E-state index < -0.39 is 5.54 Å². The quantitative estimate of drug-likeness (QED) is 0.591. The molecule has 4 heteroatoms. The third kappa shape index (κ3) is 2.96. The van der Waals surface area contributed by atoms with E-state index in [9.17, 15) is 4.79 Å². The van der Waals surface area contributed by atoms with Gasteiger partial charge in [-0.05, 0) is 12.3 Å². The van der Waals surface area contributed by atoms with Crippen LogP contribution in [0, 0.1) is 5.92 Å². The summed E-state index contributed by atoms with van der Waals surface area (Å²) >= 11 is 0. The number of hydrogen-bond donors (Lipinski definition) is 2. The van der Waals surface area contributed by atoms with Crippen molar-refractivity contribution in [2.75, 3.05) is 20.3 Å². The molecule has 0 spiro atoms. The molecule has 1 amide bonds. The highest BCUT2D eigenvalue weighted by molar-refractivity contribution is 5.84. The van der Waals surface area contributed by atoms with Gasteiger partial charge >= 0.3 is 0 Å². The number of hydrogen-bond acceptors (Lipinski definition) is 3. The molecule has 0 heterocycles. The van der Waals surface area contributed by atoms with E-state index in [4.69, 9.17) is 10.5 Å². The number of rotatable bonds is 7. The van der Waals surface area contributed by atoms with Gasteiger partial charge in [0.1, 0.15) is 0 Å². The fourth-order valence-corrected chi connectivity index (χ4v) is 1.66. The first-order chi connectivity index (χ1) is 6.51. The average Bonchev–Trinajstić information content (AvgIpc) is 2.11. The molecule has 1 atom stereocenters. The maximum Gasteiger partial charge on any atom is 0.237 e. The van der Waals surface area contributed by atoms with Crippen molar-refractivity contribution in [1.29, 1.82) is 0 Å². The largest absolute Gasteiger partial charge is 0.383 e. The summed E-state index contributed by atoms with van der Waals surface area (Å²) in [6.45, 7) is 7.18. The van der Waals surface area contributed by atoms with Gasteiger partial charge in [0, 0.05) is 13.7 Å². The molecule has 0 aromatic heterocycles. The Morgan fingerprint density at radius 3 is 2.43 bits per heavy atom. The second-order valence-corrected chi connectivity index (χ2v) is 3.76. The molecule has 4 nitrogen and oxygen atoms in total. The summed E-state index contributed by atoms with van der Waals surface area (Å²) in [5.74, 6) is -0.104. The summed E-state index contributed by atoms with van der Waals surface area (Å²) in [6, 6.07) is 0. The zero-order valence-corrected chi connectivity index (χ0v) is 9.59. The van der Waals surface area contributed by atoms with Gasteiger partial charge in [-0.15, -0.1) is 0 Å². The summed E-state index contributed by atoms with van der Waals surface area (Å²) in [4.78, 5) is 11.4. The van der Waals surface area contributed by atoms with E-state index in [1.807, 2.05) is 20.8 Å². The van der Waals surface area contributed by atoms with Gasteiger partial charge in [0.25, 0.3) is 0 Å². The maximum atomic E-state index is 11.4. The molecule has 0 bridgehead atoms. The van der Waals surface area contributed by atoms with Gasteiger partial charge in [-0.3, -0.25) is 4.79 Å². The number of nitrogens with one attached hydrogen (secondary N) is 1. The van der Waals surface area contributed by atoms with Crippen molar-refractivity contribution in [3.8, 4) is 0 Å². The number of primary amides is 1. The zero-order chi connectivity index (χ0) is 11.2. The van der Waals surface area contributed by atoms with Crippen molar-refractivity contribution < 1.29 is 9.53 Å². The van der Waals surface area contributed by atoms with Crippen molar-refractivity contribution in [1.82, 2.24) is 5.32 Å². The second kappa shape index (κ2) is 5.98. The normalized spacial score (nSPS) is 15.5. The van der Waals surface area contributed by atoms with Gasteiger partial charge in [0.2, 0.25) is 5.91 Å². The van der Waals surface area contributed by atoms with E-state index in [-0.39, 0.29) is 11.8 Å². The molecule has 0 fully saturated rings. The number of amides is 1. The van der Waals surface area contributed by atoms with Gasteiger partial charge in [-0.25, -0.2) is 0 Å². The first-order valence-electron chi connectivity index (χ1n) is 5.05. The minimum absolute atomic E-state index is 0.182. The highest BCUT2D eigenvalue weighted by Gasteiger charge is 2.37. The average molecular weight is 202 g/mol. The minimum atomic E-state index is -0.599. The van der Waals surface area contributed by atoms with Crippen LogP contribution in [0.25, 0.3) is 0 Å². The lowest BCUT2D eigenvalue weighted by atomic mass is 9.83. The molecule has 14 heavy (non-hydrogen) atoms. The first kappa shape index (κ1) is 13.4. The number of nitrogens with two attached hydrogens (primary N) is 1. The topological polar surface area (TPSA) is 64.3 Å². The van der Waals surface area contributed by atoms with Gasteiger partial charge < -0.3 is 15.8 Å². The summed E-state index contributed by atoms with van der Waals surface area (Å²) in [5, 5.41) is 3.18. The van der Waals surface area contributed by atoms with E-state index in [0.717, 1.165) is 0 Å². The SMILES string of the molecule is CCC(NCCOC)(C(N)=O)C(C)C. The molecular formula is C10H22N2O2. The fourth-order valence-electron chi connectivity index (χ4n) is 1.66. The predicted molar refractivity (Wildman–Crippen MR) is 56.9 cm³/mol. The standard InChI is InChI=1S/C10H22N2O2/c1-5-10(8(2)3,9(11)13)12-6-7-14-4/h8,12H,5-7H2,1-4H3,(H2,11,13). The van der Waals surface area contributed by atoms with E-state index in [1.54, 1.807) is 7.11 Å². The Kier molecular flexibility index (Phi) is 5.72. The Morgan fingerprint density at radius 1 is 1.57 bits per heavy atom. The summed E-state index contributed by atoms with van der Waals surface area (Å²) in [7, 11) is 1.63. The van der Waals surface area contributed by atoms with Gasteiger partial charge in [-0.1, -0.05) is 20.8 Å². The second-order valence-electron chi connectivity index (χ2n) is 3.76. The van der Waals surface area contributed by atoms with Crippen LogP contribution in [-0.4, -0.2) is 31.7 Å². The van der Waals surface area contributed by atoms with Crippen molar-refractivity contribution in [2.24, 2.45) is 11.7 Å². The van der Waals surface area contributed by atoms with Crippen LogP contribution in [0.4, 0.5) is 0 Å². The first-order valence-corrected chi connectivity index (χ1v) is 5.05. The van der Waals surface area contributed by atoms with Crippen LogP contribution in [0.2, 0.25) is 0 Å². The highest BCUT2D eigenvalue weighted by Crippen LogP contribution is 2.20. The lowest BCUT2D eigenvalue weighted by molar-refractivity contribution is -0.126. The summed E-state index contributed by atoms with van der Waals surface area (Å²) < 4.78 is 4.93. The Morgan fingerprint density at radius 2 is 2.14 bits per heavy atom. The molecule has 84 valence electrons. The maximum absolute atomic E-state index is 11.4. The third-order valence-corrected chi connectivity index (χ3v) is 2.73. The molecule has 0 aliphatic heterocycles. The molecule has 3 N–H and O–H groups in total. The molecular weight excluding hydrogens is 180 g/mol. The van der Waals surface area contributed by atoms with Crippen molar-refractivity contribution >= 4 is 5.91 Å². The fraction of sp³-hybridized carbons (Fsp3) is 0.900. The predicted octanol–water partition coefficient (Wildman–Crippen LogP) is 0.513. The van der Waals surface area contributed by atoms with Gasteiger partial charge in [-0.2, -0.15) is 0 Å². The van der Waals surface area contributed by atoms with Crippen molar-refractivity contribution in [3.63, 3.8) is 0 Å². The number of carbonyl (C=O) groups is 1. The Bertz CT molecular complexity index is 183. The number of ether oxygens (including phenoxy) is 1. The highest BCUT2D eigenvalue weighted by atomic mass is 16.5. The smallest absolute Gasteiger partial charge is 0.237 e. The van der Waals surface area contributed by atoms with Crippen LogP contribution in [0.3, 0.4) is 0 Å². The molecule has 0 saturated heterocycles. The Labute approximate surface area is 86.2 Å². The molecule has 0 aliphatic carbocycles. The molecule has 0 saturated carbocycles. The third-order valence-electron chi connectivity index (χ3n) is 2.73. The molecule has 0 aliphatic rings. The van der Waals surface area contributed by atoms with Crippen LogP contribution >= 0.6 is 0 Å². The monoisotopic (exact) mass is 202 g/mol. The van der Waals surface area contributed by atoms with Crippen molar-refractivity contribution in [3.05, 3.63) is 0 Å². The number of methoxy groups -OCH3 is 1. The molecule has 0 aromatic rings. The van der Waals surface area contributed by atoms with E-state index >= 15 is 0 Å². The molecule has 1 unspecified atom stereocenters. The molecule has 0 rings (SSSR count). The zero-order valence-electron chi connectivity index (χ0n) is 9.59. The Balaban J connectivity index is 4.43.